The zero-order valence-corrected chi connectivity index (χ0v) is 8.24. The van der Waals surface area contributed by atoms with Gasteiger partial charge in [-0.15, -0.1) is 11.8 Å². The molecule has 1 aliphatic rings. The van der Waals surface area contributed by atoms with Gasteiger partial charge in [0, 0.05) is 22.4 Å². The molecule has 1 N–H and O–H groups in total. The Balaban J connectivity index is 2.37. The van der Waals surface area contributed by atoms with Crippen LogP contribution in [0.5, 0.6) is 0 Å². The molecule has 1 aromatic carbocycles. The van der Waals surface area contributed by atoms with Gasteiger partial charge < -0.3 is 5.32 Å². The van der Waals surface area contributed by atoms with Gasteiger partial charge in [0.25, 0.3) is 0 Å². The Morgan fingerprint density at radius 1 is 1.50 bits per heavy atom. The molecule has 0 radical (unpaired) electrons. The van der Waals surface area contributed by atoms with Crippen LogP contribution in [0.4, 0.5) is 5.69 Å². The molecule has 64 valence electrons. The van der Waals surface area contributed by atoms with E-state index >= 15 is 0 Å². The number of hydrogen-bond donors (Lipinski definition) is 1. The number of hydrogen-bond acceptors (Lipinski definition) is 2. The first-order valence-electron chi connectivity index (χ1n) is 4.26. The van der Waals surface area contributed by atoms with Crippen LogP contribution in [0.25, 0.3) is 0 Å². The normalized spacial score (nSPS) is 21.3. The number of rotatable bonds is 0. The number of nitrogens with one attached hydrogen (secondary N) is 1. The van der Waals surface area contributed by atoms with E-state index in [1.165, 1.54) is 21.9 Å². The Hall–Kier alpha value is -0.630. The quantitative estimate of drug-likeness (QED) is 0.657. The van der Waals surface area contributed by atoms with Crippen LogP contribution in [-0.4, -0.2) is 11.8 Å². The zero-order chi connectivity index (χ0) is 8.55. The van der Waals surface area contributed by atoms with E-state index in [2.05, 4.69) is 37.4 Å². The van der Waals surface area contributed by atoms with Crippen molar-refractivity contribution in [1.29, 1.82) is 0 Å². The van der Waals surface area contributed by atoms with Crippen molar-refractivity contribution in [3.63, 3.8) is 0 Å². The molecule has 0 fully saturated rings. The van der Waals surface area contributed by atoms with E-state index < -0.39 is 0 Å². The van der Waals surface area contributed by atoms with Gasteiger partial charge in [0.15, 0.2) is 0 Å². The summed E-state index contributed by atoms with van der Waals surface area (Å²) in [6.45, 7) is 4.35. The maximum Gasteiger partial charge on any atom is 0.0483 e. The summed E-state index contributed by atoms with van der Waals surface area (Å²) in [6.07, 6.45) is 0. The third-order valence-electron chi connectivity index (χ3n) is 2.03. The summed E-state index contributed by atoms with van der Waals surface area (Å²) in [4.78, 5) is 1.39. The van der Waals surface area contributed by atoms with Crippen molar-refractivity contribution in [2.45, 2.75) is 24.8 Å². The van der Waals surface area contributed by atoms with E-state index in [0.29, 0.717) is 6.04 Å². The molecule has 0 bridgehead atoms. The van der Waals surface area contributed by atoms with E-state index in [1.54, 1.807) is 0 Å². The van der Waals surface area contributed by atoms with Crippen LogP contribution in [0.3, 0.4) is 0 Å². The Labute approximate surface area is 77.6 Å². The minimum Gasteiger partial charge on any atom is -0.381 e. The Kier molecular flexibility index (Phi) is 2.01. The molecule has 1 aliphatic heterocycles. The van der Waals surface area contributed by atoms with Gasteiger partial charge in [-0.3, -0.25) is 0 Å². The fourth-order valence-corrected chi connectivity index (χ4v) is 2.35. The van der Waals surface area contributed by atoms with Crippen molar-refractivity contribution in [3.05, 3.63) is 23.8 Å². The van der Waals surface area contributed by atoms with E-state index in [0.717, 1.165) is 0 Å². The van der Waals surface area contributed by atoms with Gasteiger partial charge in [0.1, 0.15) is 0 Å². The first-order valence-corrected chi connectivity index (χ1v) is 5.24. The summed E-state index contributed by atoms with van der Waals surface area (Å²) in [5, 5.41) is 3.48. The van der Waals surface area contributed by atoms with Gasteiger partial charge in [-0.2, -0.15) is 0 Å². The van der Waals surface area contributed by atoms with Crippen LogP contribution in [-0.2, 0) is 0 Å². The number of aryl methyl sites for hydroxylation is 1. The molecule has 1 aromatic rings. The number of benzene rings is 1. The SMILES string of the molecule is Cc1ccc2c(c1)NC(C)CS2. The van der Waals surface area contributed by atoms with Crippen molar-refractivity contribution in [1.82, 2.24) is 0 Å². The second kappa shape index (κ2) is 3.02. The van der Waals surface area contributed by atoms with Gasteiger partial charge >= 0.3 is 0 Å². The molecule has 1 nitrogen and oxygen atoms in total. The number of anilines is 1. The molecule has 0 spiro atoms. The third kappa shape index (κ3) is 1.44. The molecule has 2 rings (SSSR count). The van der Waals surface area contributed by atoms with Gasteiger partial charge in [-0.25, -0.2) is 0 Å². The Morgan fingerprint density at radius 2 is 2.33 bits per heavy atom. The van der Waals surface area contributed by atoms with E-state index in [4.69, 9.17) is 0 Å². The van der Waals surface area contributed by atoms with E-state index in [9.17, 15) is 0 Å². The van der Waals surface area contributed by atoms with Crippen LogP contribution in [0.1, 0.15) is 12.5 Å². The van der Waals surface area contributed by atoms with Crippen LogP contribution in [0.15, 0.2) is 23.1 Å². The van der Waals surface area contributed by atoms with Crippen molar-refractivity contribution in [2.24, 2.45) is 0 Å². The molecule has 1 atom stereocenters. The van der Waals surface area contributed by atoms with E-state index in [1.807, 2.05) is 11.8 Å². The fourth-order valence-electron chi connectivity index (χ4n) is 1.40. The number of fused-ring (bicyclic) bond motifs is 1. The minimum atomic E-state index is 0.601. The lowest BCUT2D eigenvalue weighted by Gasteiger charge is -2.23. The average molecular weight is 179 g/mol. The predicted molar refractivity (Wildman–Crippen MR) is 55.0 cm³/mol. The molecule has 0 amide bonds. The minimum absolute atomic E-state index is 0.601. The van der Waals surface area contributed by atoms with Crippen LogP contribution in [0, 0.1) is 6.92 Å². The Bertz CT molecular complexity index is 296. The first kappa shape index (κ1) is 7.99. The highest BCUT2D eigenvalue weighted by Gasteiger charge is 2.13. The fraction of sp³-hybridized carbons (Fsp3) is 0.400. The van der Waals surface area contributed by atoms with Crippen molar-refractivity contribution in [3.8, 4) is 0 Å². The lowest BCUT2D eigenvalue weighted by atomic mass is 10.2. The molecule has 2 heteroatoms. The highest BCUT2D eigenvalue weighted by molar-refractivity contribution is 7.99. The summed E-state index contributed by atoms with van der Waals surface area (Å²) < 4.78 is 0. The van der Waals surface area contributed by atoms with Gasteiger partial charge in [0.2, 0.25) is 0 Å². The zero-order valence-electron chi connectivity index (χ0n) is 7.42. The highest BCUT2D eigenvalue weighted by Crippen LogP contribution is 2.33. The highest BCUT2D eigenvalue weighted by atomic mass is 32.2. The van der Waals surface area contributed by atoms with Crippen LogP contribution >= 0.6 is 11.8 Å². The number of thioether (sulfide) groups is 1. The van der Waals surface area contributed by atoms with Crippen molar-refractivity contribution in [2.75, 3.05) is 11.1 Å². The standard InChI is InChI=1S/C10H13NS/c1-7-3-4-10-9(5-7)11-8(2)6-12-10/h3-5,8,11H,6H2,1-2H3. The average Bonchev–Trinajstić information content (AvgIpc) is 2.03. The first-order chi connectivity index (χ1) is 5.75. The molecule has 0 aliphatic carbocycles. The largest absolute Gasteiger partial charge is 0.381 e. The lowest BCUT2D eigenvalue weighted by molar-refractivity contribution is 0.894. The summed E-state index contributed by atoms with van der Waals surface area (Å²) in [6, 6.07) is 7.19. The second-order valence-corrected chi connectivity index (χ2v) is 4.42. The van der Waals surface area contributed by atoms with Crippen LogP contribution in [0.2, 0.25) is 0 Å². The van der Waals surface area contributed by atoms with Crippen molar-refractivity contribution < 1.29 is 0 Å². The van der Waals surface area contributed by atoms with Crippen LogP contribution < -0.4 is 5.32 Å². The van der Waals surface area contributed by atoms with Gasteiger partial charge in [-0.05, 0) is 31.5 Å². The summed E-state index contributed by atoms with van der Waals surface area (Å²) in [5.74, 6) is 1.18. The van der Waals surface area contributed by atoms with Gasteiger partial charge in [-0.1, -0.05) is 6.07 Å². The van der Waals surface area contributed by atoms with E-state index in [-0.39, 0.29) is 0 Å². The third-order valence-corrected chi connectivity index (χ3v) is 3.36. The monoisotopic (exact) mass is 179 g/mol. The molecule has 0 saturated carbocycles. The maximum atomic E-state index is 3.48. The molecular formula is C10H13NS. The molecule has 0 saturated heterocycles. The molecular weight excluding hydrogens is 166 g/mol. The van der Waals surface area contributed by atoms with Crippen molar-refractivity contribution >= 4 is 17.4 Å². The second-order valence-electron chi connectivity index (χ2n) is 3.36. The summed E-state index contributed by atoms with van der Waals surface area (Å²) in [5.41, 5.74) is 2.63. The summed E-state index contributed by atoms with van der Waals surface area (Å²) in [7, 11) is 0. The molecule has 12 heavy (non-hydrogen) atoms. The smallest absolute Gasteiger partial charge is 0.0483 e. The lowest BCUT2D eigenvalue weighted by Crippen LogP contribution is -2.21. The summed E-state index contributed by atoms with van der Waals surface area (Å²) >= 11 is 1.94. The maximum absolute atomic E-state index is 3.48. The predicted octanol–water partition coefficient (Wildman–Crippen LogP) is 2.90. The van der Waals surface area contributed by atoms with Gasteiger partial charge in [0.05, 0.1) is 0 Å². The molecule has 1 unspecified atom stereocenters. The topological polar surface area (TPSA) is 12.0 Å². The molecule has 1 heterocycles. The molecule has 0 aromatic heterocycles. The Morgan fingerprint density at radius 3 is 3.17 bits per heavy atom.